The molecule has 2 aromatic heterocycles. The Bertz CT molecular complexity index is 624. The number of hydrogen-bond acceptors (Lipinski definition) is 4. The second-order valence-corrected chi connectivity index (χ2v) is 4.67. The number of rotatable bonds is 5. The molecule has 0 aliphatic rings. The van der Waals surface area contributed by atoms with E-state index in [0.29, 0.717) is 23.5 Å². The SMILES string of the molecule is CCCOc1cncc(C(=O)c2ccc(C)nc2C)c1. The average Bonchev–Trinajstić information content (AvgIpc) is 2.45. The van der Waals surface area contributed by atoms with Gasteiger partial charge in [-0.15, -0.1) is 0 Å². The molecule has 0 aromatic carbocycles. The highest BCUT2D eigenvalue weighted by atomic mass is 16.5. The van der Waals surface area contributed by atoms with E-state index in [1.807, 2.05) is 26.8 Å². The van der Waals surface area contributed by atoms with Crippen LogP contribution in [0.5, 0.6) is 5.75 Å². The zero-order chi connectivity index (χ0) is 14.5. The summed E-state index contributed by atoms with van der Waals surface area (Å²) in [5.41, 5.74) is 2.75. The van der Waals surface area contributed by atoms with E-state index in [0.717, 1.165) is 17.8 Å². The van der Waals surface area contributed by atoms with Crippen LogP contribution >= 0.6 is 0 Å². The summed E-state index contributed by atoms with van der Waals surface area (Å²) in [5.74, 6) is 0.542. The van der Waals surface area contributed by atoms with Crippen LogP contribution in [0.15, 0.2) is 30.6 Å². The molecule has 2 heterocycles. The number of aromatic nitrogens is 2. The van der Waals surface area contributed by atoms with Crippen molar-refractivity contribution in [1.29, 1.82) is 0 Å². The van der Waals surface area contributed by atoms with Crippen LogP contribution in [0.4, 0.5) is 0 Å². The van der Waals surface area contributed by atoms with Gasteiger partial charge in [0, 0.05) is 28.7 Å². The summed E-state index contributed by atoms with van der Waals surface area (Å²) in [6.07, 6.45) is 4.09. The highest BCUT2D eigenvalue weighted by molar-refractivity contribution is 6.09. The molecule has 2 aromatic rings. The minimum Gasteiger partial charge on any atom is -0.492 e. The molecule has 2 rings (SSSR count). The Hall–Kier alpha value is -2.23. The molecule has 4 nitrogen and oxygen atoms in total. The second-order valence-electron chi connectivity index (χ2n) is 4.67. The molecule has 20 heavy (non-hydrogen) atoms. The van der Waals surface area contributed by atoms with Crippen molar-refractivity contribution in [2.24, 2.45) is 0 Å². The maximum Gasteiger partial charge on any atom is 0.196 e. The van der Waals surface area contributed by atoms with Crippen LogP contribution in [0, 0.1) is 13.8 Å². The predicted molar refractivity (Wildman–Crippen MR) is 77.2 cm³/mol. The summed E-state index contributed by atoms with van der Waals surface area (Å²) in [4.78, 5) is 20.9. The largest absolute Gasteiger partial charge is 0.492 e. The van der Waals surface area contributed by atoms with Crippen LogP contribution in [-0.2, 0) is 0 Å². The Morgan fingerprint density at radius 2 is 2.05 bits per heavy atom. The van der Waals surface area contributed by atoms with Gasteiger partial charge in [-0.25, -0.2) is 0 Å². The minimum absolute atomic E-state index is 0.0792. The number of nitrogens with zero attached hydrogens (tertiary/aromatic N) is 2. The molecule has 0 radical (unpaired) electrons. The fourth-order valence-electron chi connectivity index (χ4n) is 1.92. The number of hydrogen-bond donors (Lipinski definition) is 0. The van der Waals surface area contributed by atoms with Crippen molar-refractivity contribution in [2.45, 2.75) is 27.2 Å². The summed E-state index contributed by atoms with van der Waals surface area (Å²) >= 11 is 0. The van der Waals surface area contributed by atoms with Crippen molar-refractivity contribution >= 4 is 5.78 Å². The van der Waals surface area contributed by atoms with Crippen LogP contribution < -0.4 is 4.74 Å². The van der Waals surface area contributed by atoms with E-state index in [4.69, 9.17) is 4.74 Å². The first-order valence-corrected chi connectivity index (χ1v) is 6.68. The topological polar surface area (TPSA) is 52.1 Å². The average molecular weight is 270 g/mol. The van der Waals surface area contributed by atoms with Gasteiger partial charge in [-0.1, -0.05) is 6.92 Å². The van der Waals surface area contributed by atoms with Crippen LogP contribution in [0.3, 0.4) is 0 Å². The van der Waals surface area contributed by atoms with Crippen LogP contribution in [0.1, 0.15) is 40.7 Å². The van der Waals surface area contributed by atoms with Gasteiger partial charge in [0.15, 0.2) is 5.78 Å². The number of carbonyl (C=O) groups excluding carboxylic acids is 1. The lowest BCUT2D eigenvalue weighted by atomic mass is 10.0. The van der Waals surface area contributed by atoms with Gasteiger partial charge in [0.25, 0.3) is 0 Å². The molecule has 104 valence electrons. The summed E-state index contributed by atoms with van der Waals surface area (Å²) in [5, 5.41) is 0. The van der Waals surface area contributed by atoms with E-state index in [-0.39, 0.29) is 5.78 Å². The zero-order valence-electron chi connectivity index (χ0n) is 12.0. The smallest absolute Gasteiger partial charge is 0.196 e. The highest BCUT2D eigenvalue weighted by Crippen LogP contribution is 2.17. The zero-order valence-corrected chi connectivity index (χ0v) is 12.0. The first-order valence-electron chi connectivity index (χ1n) is 6.68. The molecule has 0 saturated carbocycles. The number of ether oxygens (including phenoxy) is 1. The van der Waals surface area contributed by atoms with E-state index < -0.39 is 0 Å². The maximum atomic E-state index is 12.5. The quantitative estimate of drug-likeness (QED) is 0.783. The molecule has 0 aliphatic carbocycles. The number of pyridine rings is 2. The molecule has 0 bridgehead atoms. The number of aryl methyl sites for hydroxylation is 2. The standard InChI is InChI=1S/C16H18N2O2/c1-4-7-20-14-8-13(9-17-10-14)16(19)15-6-5-11(2)18-12(15)3/h5-6,8-10H,4,7H2,1-3H3. The number of carbonyl (C=O) groups is 1. The molecule has 0 fully saturated rings. The summed E-state index contributed by atoms with van der Waals surface area (Å²) in [6, 6.07) is 5.37. The summed E-state index contributed by atoms with van der Waals surface area (Å²) < 4.78 is 5.50. The lowest BCUT2D eigenvalue weighted by Gasteiger charge is -2.07. The molecule has 0 unspecified atom stereocenters. The number of ketones is 1. The lowest BCUT2D eigenvalue weighted by molar-refractivity contribution is 0.103. The molecular weight excluding hydrogens is 252 g/mol. The lowest BCUT2D eigenvalue weighted by Crippen LogP contribution is -2.07. The van der Waals surface area contributed by atoms with Gasteiger partial charge in [0.1, 0.15) is 5.75 Å². The second kappa shape index (κ2) is 6.28. The first kappa shape index (κ1) is 14.2. The minimum atomic E-state index is -0.0792. The van der Waals surface area contributed by atoms with Crippen molar-refractivity contribution in [3.05, 3.63) is 53.1 Å². The van der Waals surface area contributed by atoms with Gasteiger partial charge in [-0.3, -0.25) is 14.8 Å². The van der Waals surface area contributed by atoms with E-state index in [1.165, 1.54) is 0 Å². The van der Waals surface area contributed by atoms with E-state index >= 15 is 0 Å². The van der Waals surface area contributed by atoms with Crippen LogP contribution in [0.2, 0.25) is 0 Å². The third-order valence-corrected chi connectivity index (χ3v) is 2.92. The summed E-state index contributed by atoms with van der Waals surface area (Å²) in [6.45, 7) is 6.39. The molecule has 4 heteroatoms. The van der Waals surface area contributed by atoms with Crippen LogP contribution in [0.25, 0.3) is 0 Å². The molecular formula is C16H18N2O2. The fraction of sp³-hybridized carbons (Fsp3) is 0.312. The fourth-order valence-corrected chi connectivity index (χ4v) is 1.92. The Labute approximate surface area is 118 Å². The van der Waals surface area contributed by atoms with Crippen molar-refractivity contribution in [3.8, 4) is 5.75 Å². The maximum absolute atomic E-state index is 12.5. The molecule has 0 aliphatic heterocycles. The van der Waals surface area contributed by atoms with Gasteiger partial charge in [-0.05, 0) is 38.5 Å². The van der Waals surface area contributed by atoms with Gasteiger partial charge in [0.2, 0.25) is 0 Å². The molecule has 0 amide bonds. The molecule has 0 N–H and O–H groups in total. The van der Waals surface area contributed by atoms with Crippen molar-refractivity contribution in [1.82, 2.24) is 9.97 Å². The van der Waals surface area contributed by atoms with Crippen molar-refractivity contribution in [3.63, 3.8) is 0 Å². The first-order chi connectivity index (χ1) is 9.61. The Morgan fingerprint density at radius 3 is 2.75 bits per heavy atom. The van der Waals surface area contributed by atoms with E-state index in [9.17, 15) is 4.79 Å². The summed E-state index contributed by atoms with van der Waals surface area (Å²) in [7, 11) is 0. The highest BCUT2D eigenvalue weighted by Gasteiger charge is 2.13. The normalized spacial score (nSPS) is 10.3. The van der Waals surface area contributed by atoms with Gasteiger partial charge in [-0.2, -0.15) is 0 Å². The third-order valence-electron chi connectivity index (χ3n) is 2.92. The van der Waals surface area contributed by atoms with Crippen molar-refractivity contribution < 1.29 is 9.53 Å². The van der Waals surface area contributed by atoms with Gasteiger partial charge in [0.05, 0.1) is 12.8 Å². The molecule has 0 atom stereocenters. The Morgan fingerprint density at radius 1 is 1.25 bits per heavy atom. The molecule has 0 spiro atoms. The monoisotopic (exact) mass is 270 g/mol. The van der Waals surface area contributed by atoms with E-state index in [1.54, 1.807) is 24.5 Å². The predicted octanol–water partition coefficient (Wildman–Crippen LogP) is 3.11. The molecule has 0 saturated heterocycles. The Balaban J connectivity index is 2.28. The van der Waals surface area contributed by atoms with Crippen LogP contribution in [-0.4, -0.2) is 22.4 Å². The third kappa shape index (κ3) is 3.20. The van der Waals surface area contributed by atoms with Gasteiger partial charge < -0.3 is 4.74 Å². The Kier molecular flexibility index (Phi) is 4.45. The van der Waals surface area contributed by atoms with Crippen molar-refractivity contribution in [2.75, 3.05) is 6.61 Å². The van der Waals surface area contributed by atoms with E-state index in [2.05, 4.69) is 9.97 Å². The van der Waals surface area contributed by atoms with Gasteiger partial charge >= 0.3 is 0 Å².